The van der Waals surface area contributed by atoms with Crippen LogP contribution in [-0.4, -0.2) is 7.05 Å². The van der Waals surface area contributed by atoms with E-state index in [1.807, 2.05) is 0 Å². The third kappa shape index (κ3) is 2.16. The highest BCUT2D eigenvalue weighted by Gasteiger charge is 2.42. The standard InChI is InChI=1S/C20H31N/c1-18(2)8-9-19(3,4)16-11-14-13(10-15(16)18)17(21-7)12-20(14,5)6/h10-11,17,21H,8-9,12H2,1-7H3. The van der Waals surface area contributed by atoms with Crippen molar-refractivity contribution in [1.29, 1.82) is 0 Å². The Labute approximate surface area is 130 Å². The van der Waals surface area contributed by atoms with Crippen LogP contribution >= 0.6 is 0 Å². The van der Waals surface area contributed by atoms with Crippen LogP contribution in [0.2, 0.25) is 0 Å². The quantitative estimate of drug-likeness (QED) is 0.767. The van der Waals surface area contributed by atoms with Gasteiger partial charge in [0.25, 0.3) is 0 Å². The predicted octanol–water partition coefficient (Wildman–Crippen LogP) is 4.98. The SMILES string of the molecule is CNC1CC(C)(C)c2cc3c(cc21)C(C)(C)CCC3(C)C. The highest BCUT2D eigenvalue weighted by Crippen LogP contribution is 2.52. The van der Waals surface area contributed by atoms with Crippen molar-refractivity contribution in [3.05, 3.63) is 34.4 Å². The molecule has 1 aromatic rings. The van der Waals surface area contributed by atoms with Gasteiger partial charge >= 0.3 is 0 Å². The fourth-order valence-corrected chi connectivity index (χ4v) is 4.49. The van der Waals surface area contributed by atoms with E-state index < -0.39 is 0 Å². The van der Waals surface area contributed by atoms with Crippen molar-refractivity contribution in [2.45, 2.75) is 83.1 Å². The average molecular weight is 285 g/mol. The molecule has 0 heterocycles. The molecule has 0 aromatic heterocycles. The molecule has 0 aliphatic heterocycles. The molecule has 3 rings (SSSR count). The molecule has 1 aromatic carbocycles. The maximum Gasteiger partial charge on any atom is 0.0328 e. The van der Waals surface area contributed by atoms with Crippen molar-refractivity contribution in [2.24, 2.45) is 0 Å². The first-order valence-corrected chi connectivity index (χ1v) is 8.45. The highest BCUT2D eigenvalue weighted by atomic mass is 14.9. The van der Waals surface area contributed by atoms with E-state index in [0.717, 1.165) is 0 Å². The van der Waals surface area contributed by atoms with Crippen LogP contribution in [0.5, 0.6) is 0 Å². The van der Waals surface area contributed by atoms with Crippen LogP contribution in [0.1, 0.15) is 89.1 Å². The Morgan fingerprint density at radius 3 is 1.86 bits per heavy atom. The summed E-state index contributed by atoms with van der Waals surface area (Å²) in [5.74, 6) is 0. The largest absolute Gasteiger partial charge is 0.313 e. The zero-order valence-electron chi connectivity index (χ0n) is 14.9. The monoisotopic (exact) mass is 285 g/mol. The van der Waals surface area contributed by atoms with Gasteiger partial charge in [-0.25, -0.2) is 0 Å². The van der Waals surface area contributed by atoms with E-state index >= 15 is 0 Å². The first kappa shape index (κ1) is 15.1. The molecule has 2 aliphatic carbocycles. The van der Waals surface area contributed by atoms with Crippen molar-refractivity contribution in [3.63, 3.8) is 0 Å². The third-order valence-corrected chi connectivity index (χ3v) is 6.19. The minimum Gasteiger partial charge on any atom is -0.313 e. The molecule has 1 N–H and O–H groups in total. The minimum atomic E-state index is 0.287. The van der Waals surface area contributed by atoms with Gasteiger partial charge in [0.15, 0.2) is 0 Å². The highest BCUT2D eigenvalue weighted by molar-refractivity contribution is 5.52. The topological polar surface area (TPSA) is 12.0 Å². The van der Waals surface area contributed by atoms with Gasteiger partial charge < -0.3 is 5.32 Å². The van der Waals surface area contributed by atoms with Crippen molar-refractivity contribution in [1.82, 2.24) is 5.32 Å². The van der Waals surface area contributed by atoms with Crippen LogP contribution in [-0.2, 0) is 16.2 Å². The van der Waals surface area contributed by atoms with Gasteiger partial charge in [0.2, 0.25) is 0 Å². The van der Waals surface area contributed by atoms with Gasteiger partial charge in [-0.2, -0.15) is 0 Å². The van der Waals surface area contributed by atoms with Gasteiger partial charge in [0.05, 0.1) is 0 Å². The lowest BCUT2D eigenvalue weighted by Gasteiger charge is -2.42. The summed E-state index contributed by atoms with van der Waals surface area (Å²) in [4.78, 5) is 0. The Bertz CT molecular complexity index is 578. The summed E-state index contributed by atoms with van der Waals surface area (Å²) < 4.78 is 0. The molecule has 1 unspecified atom stereocenters. The lowest BCUT2D eigenvalue weighted by molar-refractivity contribution is 0.331. The van der Waals surface area contributed by atoms with E-state index in [1.165, 1.54) is 19.3 Å². The Kier molecular flexibility index (Phi) is 3.12. The number of rotatable bonds is 1. The molecular formula is C20H31N. The lowest BCUT2D eigenvalue weighted by Crippen LogP contribution is -2.34. The summed E-state index contributed by atoms with van der Waals surface area (Å²) in [5, 5.41) is 3.53. The Balaban J connectivity index is 2.26. The molecule has 1 nitrogen and oxygen atoms in total. The maximum absolute atomic E-state index is 3.53. The summed E-state index contributed by atoms with van der Waals surface area (Å²) in [6.45, 7) is 14.5. The third-order valence-electron chi connectivity index (χ3n) is 6.19. The average Bonchev–Trinajstić information content (AvgIpc) is 2.65. The molecule has 0 amide bonds. The second-order valence-electron chi connectivity index (χ2n) is 9.18. The molecule has 116 valence electrons. The van der Waals surface area contributed by atoms with E-state index in [-0.39, 0.29) is 5.41 Å². The molecule has 0 radical (unpaired) electrons. The summed E-state index contributed by atoms with van der Waals surface area (Å²) in [6, 6.07) is 5.62. The first-order valence-electron chi connectivity index (χ1n) is 8.45. The number of fused-ring (bicyclic) bond motifs is 2. The number of benzene rings is 1. The van der Waals surface area contributed by atoms with Gasteiger partial charge in [-0.05, 0) is 64.8 Å². The number of nitrogens with one attached hydrogen (secondary N) is 1. The maximum atomic E-state index is 3.53. The van der Waals surface area contributed by atoms with Crippen LogP contribution in [0.3, 0.4) is 0 Å². The molecule has 1 atom stereocenters. The Hall–Kier alpha value is -0.820. The van der Waals surface area contributed by atoms with Crippen LogP contribution in [0.15, 0.2) is 12.1 Å². The molecular weight excluding hydrogens is 254 g/mol. The van der Waals surface area contributed by atoms with Gasteiger partial charge in [0.1, 0.15) is 0 Å². The molecule has 0 bridgehead atoms. The van der Waals surface area contributed by atoms with Gasteiger partial charge in [-0.15, -0.1) is 0 Å². The molecule has 0 saturated carbocycles. The van der Waals surface area contributed by atoms with E-state index in [9.17, 15) is 0 Å². The number of hydrogen-bond donors (Lipinski definition) is 1. The van der Waals surface area contributed by atoms with E-state index in [2.05, 4.69) is 66.0 Å². The van der Waals surface area contributed by atoms with Crippen LogP contribution in [0.4, 0.5) is 0 Å². The van der Waals surface area contributed by atoms with Crippen molar-refractivity contribution in [2.75, 3.05) is 7.05 Å². The molecule has 0 fully saturated rings. The van der Waals surface area contributed by atoms with Crippen molar-refractivity contribution < 1.29 is 0 Å². The summed E-state index contributed by atoms with van der Waals surface area (Å²) in [6.07, 6.45) is 3.80. The Morgan fingerprint density at radius 2 is 1.33 bits per heavy atom. The number of hydrogen-bond acceptors (Lipinski definition) is 1. The normalized spacial score (nSPS) is 28.0. The Morgan fingerprint density at radius 1 is 0.810 bits per heavy atom. The van der Waals surface area contributed by atoms with Crippen LogP contribution in [0, 0.1) is 0 Å². The molecule has 1 heteroatoms. The molecule has 21 heavy (non-hydrogen) atoms. The lowest BCUT2D eigenvalue weighted by atomic mass is 9.62. The van der Waals surface area contributed by atoms with E-state index in [0.29, 0.717) is 16.9 Å². The minimum absolute atomic E-state index is 0.287. The van der Waals surface area contributed by atoms with Crippen molar-refractivity contribution in [3.8, 4) is 0 Å². The van der Waals surface area contributed by atoms with Gasteiger partial charge in [-0.3, -0.25) is 0 Å². The fourth-order valence-electron chi connectivity index (χ4n) is 4.49. The van der Waals surface area contributed by atoms with Crippen LogP contribution < -0.4 is 5.32 Å². The first-order chi connectivity index (χ1) is 9.58. The van der Waals surface area contributed by atoms with Crippen LogP contribution in [0.25, 0.3) is 0 Å². The predicted molar refractivity (Wildman–Crippen MR) is 91.2 cm³/mol. The zero-order valence-corrected chi connectivity index (χ0v) is 14.9. The summed E-state index contributed by atoms with van der Waals surface area (Å²) in [5.41, 5.74) is 7.23. The van der Waals surface area contributed by atoms with Gasteiger partial charge in [0, 0.05) is 6.04 Å². The molecule has 0 saturated heterocycles. The van der Waals surface area contributed by atoms with E-state index in [1.54, 1.807) is 22.3 Å². The zero-order chi connectivity index (χ0) is 15.6. The van der Waals surface area contributed by atoms with Crippen molar-refractivity contribution >= 4 is 0 Å². The summed E-state index contributed by atoms with van der Waals surface area (Å²) in [7, 11) is 2.10. The van der Waals surface area contributed by atoms with E-state index in [4.69, 9.17) is 0 Å². The smallest absolute Gasteiger partial charge is 0.0328 e. The molecule has 0 spiro atoms. The van der Waals surface area contributed by atoms with Gasteiger partial charge in [-0.1, -0.05) is 53.7 Å². The fraction of sp³-hybridized carbons (Fsp3) is 0.700. The second kappa shape index (κ2) is 4.35. The molecule has 2 aliphatic rings. The summed E-state index contributed by atoms with van der Waals surface area (Å²) >= 11 is 0. The second-order valence-corrected chi connectivity index (χ2v) is 9.18.